The molecular formula is C13H19N3O3. The molecule has 0 fully saturated rings. The van der Waals surface area contributed by atoms with Crippen LogP contribution in [-0.4, -0.2) is 28.5 Å². The van der Waals surface area contributed by atoms with Crippen LogP contribution in [0.25, 0.3) is 0 Å². The first kappa shape index (κ1) is 15.1. The number of pyridine rings is 1. The van der Waals surface area contributed by atoms with Crippen LogP contribution in [0.1, 0.15) is 35.8 Å². The third-order valence-electron chi connectivity index (χ3n) is 2.91. The van der Waals surface area contributed by atoms with Gasteiger partial charge in [0, 0.05) is 12.6 Å². The lowest BCUT2D eigenvalue weighted by molar-refractivity contribution is -0.122. The molecule has 1 rings (SSSR count). The summed E-state index contributed by atoms with van der Waals surface area (Å²) < 4.78 is 0. The van der Waals surface area contributed by atoms with E-state index in [4.69, 9.17) is 10.8 Å². The maximum Gasteiger partial charge on any atom is 0.335 e. The van der Waals surface area contributed by atoms with E-state index in [0.29, 0.717) is 18.7 Å². The molecular weight excluding hydrogens is 246 g/mol. The Morgan fingerprint density at radius 2 is 2.26 bits per heavy atom. The van der Waals surface area contributed by atoms with E-state index < -0.39 is 5.97 Å². The maximum atomic E-state index is 11.7. The summed E-state index contributed by atoms with van der Waals surface area (Å²) in [5.74, 6) is -0.928. The number of aromatic carboxylic acids is 1. The van der Waals surface area contributed by atoms with Gasteiger partial charge in [-0.25, -0.2) is 4.79 Å². The highest BCUT2D eigenvalue weighted by Gasteiger charge is 2.11. The molecule has 1 unspecified atom stereocenters. The van der Waals surface area contributed by atoms with Crippen molar-refractivity contribution < 1.29 is 14.7 Å². The van der Waals surface area contributed by atoms with Crippen molar-refractivity contribution in [3.05, 3.63) is 29.6 Å². The molecule has 0 aliphatic rings. The molecule has 0 bridgehead atoms. The topological polar surface area (TPSA) is 105 Å². The largest absolute Gasteiger partial charge is 0.478 e. The predicted octanol–water partition coefficient (Wildman–Crippen LogP) is 0.771. The highest BCUT2D eigenvalue weighted by Crippen LogP contribution is 2.06. The molecule has 1 heterocycles. The van der Waals surface area contributed by atoms with Crippen molar-refractivity contribution in [2.45, 2.75) is 26.3 Å². The lowest BCUT2D eigenvalue weighted by Gasteiger charge is -2.11. The molecule has 19 heavy (non-hydrogen) atoms. The third kappa shape index (κ3) is 5.05. The monoisotopic (exact) mass is 265 g/mol. The van der Waals surface area contributed by atoms with Crippen molar-refractivity contribution in [2.75, 3.05) is 6.54 Å². The van der Waals surface area contributed by atoms with Crippen LogP contribution in [0.2, 0.25) is 0 Å². The normalized spacial score (nSPS) is 11.9. The highest BCUT2D eigenvalue weighted by molar-refractivity contribution is 5.87. The van der Waals surface area contributed by atoms with Gasteiger partial charge in [-0.15, -0.1) is 0 Å². The lowest BCUT2D eigenvalue weighted by atomic mass is 10.0. The molecule has 0 aliphatic heterocycles. The summed E-state index contributed by atoms with van der Waals surface area (Å²) in [5, 5.41) is 11.6. The Kier molecular flexibility index (Phi) is 5.95. The highest BCUT2D eigenvalue weighted by atomic mass is 16.4. The molecule has 1 aromatic heterocycles. The van der Waals surface area contributed by atoms with Gasteiger partial charge < -0.3 is 16.2 Å². The number of rotatable bonds is 7. The van der Waals surface area contributed by atoms with E-state index in [2.05, 4.69) is 10.3 Å². The van der Waals surface area contributed by atoms with Crippen molar-refractivity contribution in [1.82, 2.24) is 10.3 Å². The van der Waals surface area contributed by atoms with Gasteiger partial charge in [-0.1, -0.05) is 13.3 Å². The van der Waals surface area contributed by atoms with Gasteiger partial charge >= 0.3 is 5.97 Å². The third-order valence-corrected chi connectivity index (χ3v) is 2.91. The van der Waals surface area contributed by atoms with Gasteiger partial charge in [0.15, 0.2) is 0 Å². The van der Waals surface area contributed by atoms with E-state index in [1.54, 1.807) is 0 Å². The number of nitrogens with two attached hydrogens (primary N) is 1. The van der Waals surface area contributed by atoms with Crippen molar-refractivity contribution in [1.29, 1.82) is 0 Å². The fraction of sp³-hybridized carbons (Fsp3) is 0.462. The van der Waals surface area contributed by atoms with Crippen molar-refractivity contribution in [3.63, 3.8) is 0 Å². The van der Waals surface area contributed by atoms with E-state index in [1.165, 1.54) is 18.3 Å². The average molecular weight is 265 g/mol. The molecule has 0 aliphatic carbocycles. The van der Waals surface area contributed by atoms with E-state index in [1.807, 2.05) is 6.92 Å². The van der Waals surface area contributed by atoms with Crippen LogP contribution < -0.4 is 11.1 Å². The molecule has 0 spiro atoms. The van der Waals surface area contributed by atoms with Crippen LogP contribution in [0.4, 0.5) is 0 Å². The van der Waals surface area contributed by atoms with Crippen LogP contribution in [0, 0.1) is 5.92 Å². The summed E-state index contributed by atoms with van der Waals surface area (Å²) in [6, 6.07) is 2.86. The summed E-state index contributed by atoms with van der Waals surface area (Å²) in [7, 11) is 0. The van der Waals surface area contributed by atoms with Crippen LogP contribution >= 0.6 is 0 Å². The number of carbonyl (C=O) groups excluding carboxylic acids is 1. The first-order valence-corrected chi connectivity index (χ1v) is 6.21. The van der Waals surface area contributed by atoms with Gasteiger partial charge in [-0.3, -0.25) is 9.78 Å². The van der Waals surface area contributed by atoms with Gasteiger partial charge in [0.1, 0.15) is 0 Å². The minimum atomic E-state index is -1.01. The van der Waals surface area contributed by atoms with Gasteiger partial charge in [0.25, 0.3) is 0 Å². The number of carboxylic acids is 1. The number of nitrogens with zero attached hydrogens (tertiary/aromatic N) is 1. The van der Waals surface area contributed by atoms with Gasteiger partial charge in [0.05, 0.1) is 17.8 Å². The zero-order valence-electron chi connectivity index (χ0n) is 10.9. The Balaban J connectivity index is 2.50. The number of aromatic nitrogens is 1. The Labute approximate surface area is 112 Å². The number of carbonyl (C=O) groups is 2. The molecule has 6 heteroatoms. The Bertz CT molecular complexity index is 445. The fourth-order valence-corrected chi connectivity index (χ4v) is 1.63. The second-order valence-corrected chi connectivity index (χ2v) is 4.33. The Hall–Kier alpha value is -1.95. The summed E-state index contributed by atoms with van der Waals surface area (Å²) in [6.07, 6.45) is 2.65. The molecule has 0 aromatic carbocycles. The van der Waals surface area contributed by atoms with Gasteiger partial charge in [-0.2, -0.15) is 0 Å². The van der Waals surface area contributed by atoms with E-state index >= 15 is 0 Å². The summed E-state index contributed by atoms with van der Waals surface area (Å²) in [6.45, 7) is 2.69. The summed E-state index contributed by atoms with van der Waals surface area (Å²) >= 11 is 0. The summed E-state index contributed by atoms with van der Waals surface area (Å²) in [5.41, 5.74) is 6.22. The van der Waals surface area contributed by atoms with Crippen molar-refractivity contribution >= 4 is 11.9 Å². The number of nitrogens with one attached hydrogen (secondary N) is 1. The SMILES string of the molecule is CCC(CN)CC(=O)NCc1cc(C(=O)O)ccn1. The molecule has 0 saturated carbocycles. The van der Waals surface area contributed by atoms with Gasteiger partial charge in [0.2, 0.25) is 5.91 Å². The minimum absolute atomic E-state index is 0.0974. The molecule has 1 aromatic rings. The number of hydrogen-bond donors (Lipinski definition) is 3. The second-order valence-electron chi connectivity index (χ2n) is 4.33. The maximum absolute atomic E-state index is 11.7. The molecule has 1 atom stereocenters. The predicted molar refractivity (Wildman–Crippen MR) is 70.5 cm³/mol. The van der Waals surface area contributed by atoms with E-state index in [9.17, 15) is 9.59 Å². The van der Waals surface area contributed by atoms with Crippen LogP contribution in [0.15, 0.2) is 18.3 Å². The minimum Gasteiger partial charge on any atom is -0.478 e. The molecule has 0 radical (unpaired) electrons. The zero-order chi connectivity index (χ0) is 14.3. The fourth-order valence-electron chi connectivity index (χ4n) is 1.63. The molecule has 6 nitrogen and oxygen atoms in total. The molecule has 4 N–H and O–H groups in total. The summed E-state index contributed by atoms with van der Waals surface area (Å²) in [4.78, 5) is 26.4. The number of amides is 1. The van der Waals surface area contributed by atoms with Crippen molar-refractivity contribution in [2.24, 2.45) is 11.7 Å². The van der Waals surface area contributed by atoms with Crippen molar-refractivity contribution in [3.8, 4) is 0 Å². The standard InChI is InChI=1S/C13H19N3O3/c1-2-9(7-14)5-12(17)16-8-11-6-10(13(18)19)3-4-15-11/h3-4,6,9H,2,5,7-8,14H2,1H3,(H,16,17)(H,18,19). The first-order chi connectivity index (χ1) is 9.06. The Morgan fingerprint density at radius 3 is 2.84 bits per heavy atom. The molecule has 104 valence electrons. The molecule has 1 amide bonds. The van der Waals surface area contributed by atoms with E-state index in [-0.39, 0.29) is 23.9 Å². The number of hydrogen-bond acceptors (Lipinski definition) is 4. The van der Waals surface area contributed by atoms with Crippen LogP contribution in [0.5, 0.6) is 0 Å². The number of carboxylic acid groups (broad SMARTS) is 1. The first-order valence-electron chi connectivity index (χ1n) is 6.21. The molecule has 0 saturated heterocycles. The van der Waals surface area contributed by atoms with E-state index in [0.717, 1.165) is 6.42 Å². The Morgan fingerprint density at radius 1 is 1.53 bits per heavy atom. The van der Waals surface area contributed by atoms with Crippen LogP contribution in [0.3, 0.4) is 0 Å². The van der Waals surface area contributed by atoms with Gasteiger partial charge in [-0.05, 0) is 24.6 Å². The average Bonchev–Trinajstić information content (AvgIpc) is 2.42. The lowest BCUT2D eigenvalue weighted by Crippen LogP contribution is -2.28. The smallest absolute Gasteiger partial charge is 0.335 e. The second kappa shape index (κ2) is 7.48. The quantitative estimate of drug-likeness (QED) is 0.675. The van der Waals surface area contributed by atoms with Crippen LogP contribution in [-0.2, 0) is 11.3 Å². The zero-order valence-corrected chi connectivity index (χ0v) is 10.9.